The van der Waals surface area contributed by atoms with Crippen molar-refractivity contribution in [3.8, 4) is 11.3 Å². The van der Waals surface area contributed by atoms with E-state index in [1.165, 1.54) is 11.3 Å². The molecule has 1 aliphatic rings. The summed E-state index contributed by atoms with van der Waals surface area (Å²) in [5.74, 6) is -1.61. The lowest BCUT2D eigenvalue weighted by atomic mass is 10.0. The molecular formula is C20H23ClN4O3S. The minimum Gasteiger partial charge on any atom is -0.481 e. The van der Waals surface area contributed by atoms with Gasteiger partial charge in [-0.3, -0.25) is 14.3 Å². The Morgan fingerprint density at radius 1 is 1.21 bits per heavy atom. The van der Waals surface area contributed by atoms with Crippen LogP contribution in [0.1, 0.15) is 22.5 Å². The summed E-state index contributed by atoms with van der Waals surface area (Å²) in [4.78, 5) is 27.7. The van der Waals surface area contributed by atoms with E-state index in [4.69, 9.17) is 5.73 Å². The Morgan fingerprint density at radius 3 is 2.62 bits per heavy atom. The summed E-state index contributed by atoms with van der Waals surface area (Å²) in [6, 6.07) is 11.5. The van der Waals surface area contributed by atoms with Gasteiger partial charge in [0.25, 0.3) is 5.91 Å². The molecular weight excluding hydrogens is 412 g/mol. The van der Waals surface area contributed by atoms with E-state index in [0.29, 0.717) is 24.3 Å². The van der Waals surface area contributed by atoms with Crippen LogP contribution >= 0.6 is 23.7 Å². The maximum Gasteiger partial charge on any atom is 0.308 e. The quantitative estimate of drug-likeness (QED) is 0.659. The molecule has 1 amide bonds. The molecule has 1 aromatic carbocycles. The molecule has 29 heavy (non-hydrogen) atoms. The second kappa shape index (κ2) is 8.52. The van der Waals surface area contributed by atoms with Crippen LogP contribution in [0.4, 0.5) is 0 Å². The zero-order valence-electron chi connectivity index (χ0n) is 15.9. The normalized spacial score (nSPS) is 19.6. The maximum atomic E-state index is 13.2. The van der Waals surface area contributed by atoms with Crippen molar-refractivity contribution in [2.45, 2.75) is 18.9 Å². The third kappa shape index (κ3) is 4.14. The van der Waals surface area contributed by atoms with Crippen molar-refractivity contribution in [2.75, 3.05) is 13.1 Å². The molecule has 2 atom stereocenters. The van der Waals surface area contributed by atoms with Crippen LogP contribution in [-0.4, -0.2) is 50.8 Å². The predicted octanol–water partition coefficient (Wildman–Crippen LogP) is 2.99. The second-order valence-electron chi connectivity index (χ2n) is 7.25. The van der Waals surface area contributed by atoms with Crippen LogP contribution in [0, 0.1) is 5.92 Å². The number of carbonyl (C=O) groups excluding carboxylic acids is 1. The lowest BCUT2D eigenvalue weighted by Gasteiger charge is -2.23. The number of benzene rings is 1. The summed E-state index contributed by atoms with van der Waals surface area (Å²) in [7, 11) is 1.86. The Hall–Kier alpha value is -2.42. The van der Waals surface area contributed by atoms with Gasteiger partial charge in [-0.1, -0.05) is 30.3 Å². The Kier molecular flexibility index (Phi) is 6.26. The molecule has 0 saturated carbocycles. The van der Waals surface area contributed by atoms with Crippen LogP contribution in [0.15, 0.2) is 36.4 Å². The number of hydrogen-bond acceptors (Lipinski definition) is 5. The van der Waals surface area contributed by atoms with Gasteiger partial charge in [0.15, 0.2) is 0 Å². The van der Waals surface area contributed by atoms with Gasteiger partial charge < -0.3 is 15.7 Å². The standard InChI is InChI=1S/C20H22N4O3S.ClH/c1-23-19-15(17(22-23)12-5-3-2-4-6-12)9-16(28-19)18(25)24-10-13(20(26)27)7-8-14(21)11-24;/h2-6,9,13-14H,7-8,10-11,21H2,1H3,(H,26,27);1H/t13-,14+;/m0./s1. The molecule has 154 valence electrons. The number of likely N-dealkylation sites (tertiary alicyclic amines) is 1. The first-order valence-electron chi connectivity index (χ1n) is 9.23. The first kappa shape index (κ1) is 21.3. The van der Waals surface area contributed by atoms with E-state index in [1.807, 2.05) is 43.4 Å². The van der Waals surface area contributed by atoms with E-state index in [1.54, 1.807) is 9.58 Å². The molecule has 2 aromatic heterocycles. The molecule has 0 unspecified atom stereocenters. The summed E-state index contributed by atoms with van der Waals surface area (Å²) in [5, 5.41) is 14.9. The van der Waals surface area contributed by atoms with Crippen LogP contribution in [-0.2, 0) is 11.8 Å². The highest BCUT2D eigenvalue weighted by atomic mass is 35.5. The molecule has 3 heterocycles. The van der Waals surface area contributed by atoms with Gasteiger partial charge in [0.05, 0.1) is 10.8 Å². The minimum absolute atomic E-state index is 0. The number of aryl methyl sites for hydroxylation is 1. The summed E-state index contributed by atoms with van der Waals surface area (Å²) in [6.45, 7) is 0.570. The second-order valence-corrected chi connectivity index (χ2v) is 8.28. The van der Waals surface area contributed by atoms with Gasteiger partial charge in [0.1, 0.15) is 10.5 Å². The van der Waals surface area contributed by atoms with E-state index in [2.05, 4.69) is 5.10 Å². The largest absolute Gasteiger partial charge is 0.481 e. The number of fused-ring (bicyclic) bond motifs is 1. The number of aliphatic carboxylic acids is 1. The molecule has 1 fully saturated rings. The third-order valence-corrected chi connectivity index (χ3v) is 6.38. The molecule has 0 aliphatic carbocycles. The predicted molar refractivity (Wildman–Crippen MR) is 116 cm³/mol. The highest BCUT2D eigenvalue weighted by molar-refractivity contribution is 7.20. The molecule has 0 bridgehead atoms. The van der Waals surface area contributed by atoms with E-state index in [9.17, 15) is 14.7 Å². The van der Waals surface area contributed by atoms with Crippen LogP contribution in [0.2, 0.25) is 0 Å². The van der Waals surface area contributed by atoms with Crippen molar-refractivity contribution >= 4 is 45.8 Å². The number of hydrogen-bond donors (Lipinski definition) is 2. The topological polar surface area (TPSA) is 101 Å². The average Bonchev–Trinajstić information content (AvgIpc) is 3.17. The fraction of sp³-hybridized carbons (Fsp3) is 0.350. The number of amides is 1. The summed E-state index contributed by atoms with van der Waals surface area (Å²) < 4.78 is 1.79. The molecule has 0 spiro atoms. The fourth-order valence-electron chi connectivity index (χ4n) is 3.70. The maximum absolute atomic E-state index is 13.2. The van der Waals surface area contributed by atoms with Gasteiger partial charge in [-0.15, -0.1) is 23.7 Å². The molecule has 1 aliphatic heterocycles. The highest BCUT2D eigenvalue weighted by Gasteiger charge is 2.31. The fourth-order valence-corrected chi connectivity index (χ4v) is 4.74. The first-order valence-corrected chi connectivity index (χ1v) is 10.1. The molecule has 0 radical (unpaired) electrons. The van der Waals surface area contributed by atoms with Crippen molar-refractivity contribution in [1.29, 1.82) is 0 Å². The van der Waals surface area contributed by atoms with E-state index in [-0.39, 0.29) is 30.9 Å². The van der Waals surface area contributed by atoms with E-state index < -0.39 is 11.9 Å². The molecule has 4 rings (SSSR count). The van der Waals surface area contributed by atoms with Crippen molar-refractivity contribution in [3.63, 3.8) is 0 Å². The molecule has 9 heteroatoms. The van der Waals surface area contributed by atoms with Gasteiger partial charge in [0.2, 0.25) is 0 Å². The number of rotatable bonds is 3. The van der Waals surface area contributed by atoms with Crippen molar-refractivity contribution in [3.05, 3.63) is 41.3 Å². The van der Waals surface area contributed by atoms with Crippen molar-refractivity contribution < 1.29 is 14.7 Å². The van der Waals surface area contributed by atoms with Crippen LogP contribution in [0.25, 0.3) is 21.5 Å². The molecule has 3 aromatic rings. The first-order chi connectivity index (χ1) is 13.4. The Morgan fingerprint density at radius 2 is 1.93 bits per heavy atom. The molecule has 3 N–H and O–H groups in total. The van der Waals surface area contributed by atoms with Gasteiger partial charge in [-0.25, -0.2) is 0 Å². The van der Waals surface area contributed by atoms with Crippen molar-refractivity contribution in [1.82, 2.24) is 14.7 Å². The van der Waals surface area contributed by atoms with Gasteiger partial charge >= 0.3 is 5.97 Å². The third-order valence-electron chi connectivity index (χ3n) is 5.19. The molecule has 7 nitrogen and oxygen atoms in total. The number of nitrogens with zero attached hydrogens (tertiary/aromatic N) is 3. The smallest absolute Gasteiger partial charge is 0.308 e. The Balaban J connectivity index is 0.00000240. The lowest BCUT2D eigenvalue weighted by Crippen LogP contribution is -2.41. The lowest BCUT2D eigenvalue weighted by molar-refractivity contribution is -0.142. The number of carboxylic acid groups (broad SMARTS) is 1. The summed E-state index contributed by atoms with van der Waals surface area (Å²) >= 11 is 1.38. The minimum atomic E-state index is -0.876. The number of aromatic nitrogens is 2. The number of halogens is 1. The number of thiophene rings is 1. The molecule has 1 saturated heterocycles. The van der Waals surface area contributed by atoms with Gasteiger partial charge in [-0.2, -0.15) is 5.10 Å². The summed E-state index contributed by atoms with van der Waals surface area (Å²) in [6.07, 6.45) is 1.10. The SMILES string of the molecule is Cl.Cn1nc(-c2ccccc2)c2cc(C(=O)N3C[C@H](N)CC[C@H](C(=O)O)C3)sc21. The Bertz CT molecular complexity index is 1030. The van der Waals surface area contributed by atoms with E-state index >= 15 is 0 Å². The van der Waals surface area contributed by atoms with Gasteiger partial charge in [0, 0.05) is 37.1 Å². The highest BCUT2D eigenvalue weighted by Crippen LogP contribution is 2.34. The van der Waals surface area contributed by atoms with Crippen LogP contribution in [0.3, 0.4) is 0 Å². The number of carbonyl (C=O) groups is 2. The number of nitrogens with two attached hydrogens (primary N) is 1. The van der Waals surface area contributed by atoms with Gasteiger partial charge in [-0.05, 0) is 18.9 Å². The van der Waals surface area contributed by atoms with E-state index in [0.717, 1.165) is 21.5 Å². The average molecular weight is 435 g/mol. The summed E-state index contributed by atoms with van der Waals surface area (Å²) in [5.41, 5.74) is 7.92. The Labute approximate surface area is 178 Å². The van der Waals surface area contributed by atoms with Crippen LogP contribution < -0.4 is 5.73 Å². The van der Waals surface area contributed by atoms with Crippen LogP contribution in [0.5, 0.6) is 0 Å². The monoisotopic (exact) mass is 434 g/mol. The zero-order chi connectivity index (χ0) is 19.8. The zero-order valence-corrected chi connectivity index (χ0v) is 17.6. The number of carboxylic acids is 1. The van der Waals surface area contributed by atoms with Crippen molar-refractivity contribution in [2.24, 2.45) is 18.7 Å².